The maximum atomic E-state index is 12.5. The smallest absolute Gasteiger partial charge is 0.262 e. The number of halogens is 1. The van der Waals surface area contributed by atoms with E-state index in [1.54, 1.807) is 7.05 Å². The zero-order valence-corrected chi connectivity index (χ0v) is 15.7. The van der Waals surface area contributed by atoms with Crippen LogP contribution in [0.5, 0.6) is 5.75 Å². The lowest BCUT2D eigenvalue weighted by Crippen LogP contribution is -2.29. The molecule has 1 N–H and O–H groups in total. The van der Waals surface area contributed by atoms with Crippen LogP contribution < -0.4 is 10.1 Å². The standard InChI is InChI=1S/C16H21ClN2O5S/c1-3-4-6-19(2)16(21)5-7-25(22,23)14-9-13-12(8-11(14)17)18-15(20)10-24-13/h8-9H,3-7,10H2,1-2H3,(H,18,20). The number of hydrogen-bond acceptors (Lipinski definition) is 5. The minimum absolute atomic E-state index is 0.0173. The molecule has 0 spiro atoms. The molecule has 0 saturated heterocycles. The summed E-state index contributed by atoms with van der Waals surface area (Å²) in [5.41, 5.74) is 0.329. The Morgan fingerprint density at radius 1 is 1.40 bits per heavy atom. The Balaban J connectivity index is 2.12. The highest BCUT2D eigenvalue weighted by molar-refractivity contribution is 7.91. The van der Waals surface area contributed by atoms with Gasteiger partial charge in [-0.3, -0.25) is 9.59 Å². The Kier molecular flexibility index (Phi) is 6.29. The molecule has 1 aromatic carbocycles. The molecule has 0 saturated carbocycles. The molecular formula is C16H21ClN2O5S. The third kappa shape index (κ3) is 4.85. The van der Waals surface area contributed by atoms with E-state index in [9.17, 15) is 18.0 Å². The number of hydrogen-bond donors (Lipinski definition) is 1. The van der Waals surface area contributed by atoms with Gasteiger partial charge in [0.15, 0.2) is 16.4 Å². The molecule has 1 aromatic rings. The van der Waals surface area contributed by atoms with Gasteiger partial charge in [0.2, 0.25) is 5.91 Å². The molecule has 0 unspecified atom stereocenters. The van der Waals surface area contributed by atoms with Gasteiger partial charge in [0, 0.05) is 26.1 Å². The predicted molar refractivity (Wildman–Crippen MR) is 94.8 cm³/mol. The Labute approximate surface area is 152 Å². The van der Waals surface area contributed by atoms with Gasteiger partial charge in [-0.2, -0.15) is 0 Å². The summed E-state index contributed by atoms with van der Waals surface area (Å²) in [5, 5.41) is 2.54. The third-order valence-electron chi connectivity index (χ3n) is 3.86. The first-order valence-corrected chi connectivity index (χ1v) is 10.0. The minimum Gasteiger partial charge on any atom is -0.482 e. The van der Waals surface area contributed by atoms with Crippen molar-refractivity contribution in [3.8, 4) is 5.75 Å². The number of rotatable bonds is 7. The summed E-state index contributed by atoms with van der Waals surface area (Å²) in [6, 6.07) is 2.63. The monoisotopic (exact) mass is 388 g/mol. The van der Waals surface area contributed by atoms with Crippen molar-refractivity contribution in [2.24, 2.45) is 0 Å². The van der Waals surface area contributed by atoms with Gasteiger partial charge in [0.1, 0.15) is 5.75 Å². The van der Waals surface area contributed by atoms with E-state index in [0.29, 0.717) is 12.2 Å². The average molecular weight is 389 g/mol. The molecule has 0 bridgehead atoms. The number of ether oxygens (including phenoxy) is 1. The van der Waals surface area contributed by atoms with E-state index in [4.69, 9.17) is 16.3 Å². The highest BCUT2D eigenvalue weighted by atomic mass is 35.5. The van der Waals surface area contributed by atoms with Crippen LogP contribution in [0.3, 0.4) is 0 Å². The van der Waals surface area contributed by atoms with E-state index in [1.807, 2.05) is 6.92 Å². The van der Waals surface area contributed by atoms with Gasteiger partial charge >= 0.3 is 0 Å². The topological polar surface area (TPSA) is 92.8 Å². The summed E-state index contributed by atoms with van der Waals surface area (Å²) in [6.07, 6.45) is 1.71. The van der Waals surface area contributed by atoms with Crippen LogP contribution in [0.4, 0.5) is 5.69 Å². The van der Waals surface area contributed by atoms with E-state index in [0.717, 1.165) is 12.8 Å². The molecule has 25 heavy (non-hydrogen) atoms. The van der Waals surface area contributed by atoms with Gasteiger partial charge in [-0.15, -0.1) is 0 Å². The number of benzene rings is 1. The quantitative estimate of drug-likeness (QED) is 0.772. The summed E-state index contributed by atoms with van der Waals surface area (Å²) in [6.45, 7) is 2.43. The summed E-state index contributed by atoms with van der Waals surface area (Å²) in [5.74, 6) is -0.656. The Morgan fingerprint density at radius 3 is 2.80 bits per heavy atom. The van der Waals surface area contributed by atoms with Crippen LogP contribution in [-0.2, 0) is 19.4 Å². The second-order valence-electron chi connectivity index (χ2n) is 5.85. The van der Waals surface area contributed by atoms with Crippen LogP contribution in [0.1, 0.15) is 26.2 Å². The van der Waals surface area contributed by atoms with Gasteiger partial charge in [0.05, 0.1) is 21.4 Å². The van der Waals surface area contributed by atoms with Crippen molar-refractivity contribution in [1.29, 1.82) is 0 Å². The van der Waals surface area contributed by atoms with Crippen LogP contribution in [0.15, 0.2) is 17.0 Å². The van der Waals surface area contributed by atoms with Crippen molar-refractivity contribution in [3.05, 3.63) is 17.2 Å². The molecule has 2 rings (SSSR count). The molecule has 1 aliphatic heterocycles. The maximum Gasteiger partial charge on any atom is 0.262 e. The zero-order valence-electron chi connectivity index (χ0n) is 14.2. The number of nitrogens with one attached hydrogen (secondary N) is 1. The van der Waals surface area contributed by atoms with Crippen molar-refractivity contribution in [1.82, 2.24) is 4.90 Å². The molecule has 2 amide bonds. The Hall–Kier alpha value is -1.80. The van der Waals surface area contributed by atoms with Gasteiger partial charge < -0.3 is 15.0 Å². The van der Waals surface area contributed by atoms with E-state index < -0.39 is 9.84 Å². The lowest BCUT2D eigenvalue weighted by molar-refractivity contribution is -0.129. The molecule has 7 nitrogen and oxygen atoms in total. The molecule has 0 fully saturated rings. The number of nitrogens with zero attached hydrogens (tertiary/aromatic N) is 1. The van der Waals surface area contributed by atoms with Crippen molar-refractivity contribution >= 4 is 38.9 Å². The first-order valence-electron chi connectivity index (χ1n) is 7.97. The first-order chi connectivity index (χ1) is 11.7. The molecule has 0 radical (unpaired) electrons. The second kappa shape index (κ2) is 8.05. The number of carbonyl (C=O) groups excluding carboxylic acids is 2. The first kappa shape index (κ1) is 19.5. The molecule has 9 heteroatoms. The lowest BCUT2D eigenvalue weighted by Gasteiger charge is -2.20. The molecule has 0 atom stereocenters. The highest BCUT2D eigenvalue weighted by Gasteiger charge is 2.25. The number of sulfone groups is 1. The van der Waals surface area contributed by atoms with Crippen LogP contribution in [0, 0.1) is 0 Å². The van der Waals surface area contributed by atoms with Crippen LogP contribution in [-0.4, -0.2) is 51.1 Å². The zero-order chi connectivity index (χ0) is 18.6. The van der Waals surface area contributed by atoms with Crippen molar-refractivity contribution in [3.63, 3.8) is 0 Å². The van der Waals surface area contributed by atoms with Gasteiger partial charge in [-0.25, -0.2) is 8.42 Å². The molecular weight excluding hydrogens is 368 g/mol. The van der Waals surface area contributed by atoms with Crippen molar-refractivity contribution in [2.75, 3.05) is 31.3 Å². The fourth-order valence-corrected chi connectivity index (χ4v) is 4.18. The predicted octanol–water partition coefficient (Wildman–Crippen LogP) is 2.09. The number of fused-ring (bicyclic) bond motifs is 1. The van der Waals surface area contributed by atoms with Crippen LogP contribution >= 0.6 is 11.6 Å². The summed E-state index contributed by atoms with van der Waals surface area (Å²) in [7, 11) is -2.10. The van der Waals surface area contributed by atoms with E-state index >= 15 is 0 Å². The number of unbranched alkanes of at least 4 members (excludes halogenated alkanes) is 1. The molecule has 138 valence electrons. The van der Waals surface area contributed by atoms with E-state index in [-0.39, 0.29) is 46.3 Å². The second-order valence-corrected chi connectivity index (χ2v) is 8.34. The fraction of sp³-hybridized carbons (Fsp3) is 0.500. The average Bonchev–Trinajstić information content (AvgIpc) is 2.56. The summed E-state index contributed by atoms with van der Waals surface area (Å²) in [4.78, 5) is 24.8. The summed E-state index contributed by atoms with van der Waals surface area (Å²) >= 11 is 6.06. The third-order valence-corrected chi connectivity index (χ3v) is 6.03. The van der Waals surface area contributed by atoms with Gasteiger partial charge in [-0.1, -0.05) is 24.9 Å². The molecule has 1 heterocycles. The van der Waals surface area contributed by atoms with E-state index in [1.165, 1.54) is 17.0 Å². The normalized spacial score (nSPS) is 13.6. The minimum atomic E-state index is -3.76. The summed E-state index contributed by atoms with van der Waals surface area (Å²) < 4.78 is 30.3. The number of amides is 2. The largest absolute Gasteiger partial charge is 0.482 e. The SMILES string of the molecule is CCCCN(C)C(=O)CCS(=O)(=O)c1cc2c(cc1Cl)NC(=O)CO2. The number of carbonyl (C=O) groups is 2. The van der Waals surface area contributed by atoms with Crippen molar-refractivity contribution in [2.45, 2.75) is 31.1 Å². The fourth-order valence-electron chi connectivity index (χ4n) is 2.36. The van der Waals surface area contributed by atoms with Gasteiger partial charge in [0.25, 0.3) is 5.91 Å². The Morgan fingerprint density at radius 2 is 2.12 bits per heavy atom. The number of anilines is 1. The van der Waals surface area contributed by atoms with Crippen LogP contribution in [0.25, 0.3) is 0 Å². The molecule has 0 aromatic heterocycles. The molecule has 0 aliphatic carbocycles. The highest BCUT2D eigenvalue weighted by Crippen LogP contribution is 2.36. The maximum absolute atomic E-state index is 12.5. The Bertz CT molecular complexity index is 779. The van der Waals surface area contributed by atoms with Gasteiger partial charge in [-0.05, 0) is 12.5 Å². The molecule has 1 aliphatic rings. The lowest BCUT2D eigenvalue weighted by atomic mass is 10.2. The van der Waals surface area contributed by atoms with E-state index in [2.05, 4.69) is 5.32 Å². The van der Waals surface area contributed by atoms with Crippen molar-refractivity contribution < 1.29 is 22.7 Å². The van der Waals surface area contributed by atoms with Crippen LogP contribution in [0.2, 0.25) is 5.02 Å².